The van der Waals surface area contributed by atoms with Gasteiger partial charge in [-0.3, -0.25) is 4.90 Å². The van der Waals surface area contributed by atoms with Crippen molar-refractivity contribution in [3.63, 3.8) is 0 Å². The van der Waals surface area contributed by atoms with Gasteiger partial charge >= 0.3 is 0 Å². The third-order valence-electron chi connectivity index (χ3n) is 2.85. The SMILES string of the molecule is CN1CCN([C@H]2CCCO2)CC1. The number of nitrogens with zero attached hydrogens (tertiary/aromatic N) is 2. The summed E-state index contributed by atoms with van der Waals surface area (Å²) < 4.78 is 5.64. The first-order valence-corrected chi connectivity index (χ1v) is 4.90. The fourth-order valence-corrected chi connectivity index (χ4v) is 1.96. The first-order valence-electron chi connectivity index (χ1n) is 4.90. The molecule has 2 aliphatic rings. The molecule has 0 unspecified atom stereocenters. The summed E-state index contributed by atoms with van der Waals surface area (Å²) in [6.45, 7) is 5.72. The van der Waals surface area contributed by atoms with Gasteiger partial charge in [-0.2, -0.15) is 0 Å². The molecular weight excluding hydrogens is 152 g/mol. The normalized spacial score (nSPS) is 34.2. The average Bonchev–Trinajstić information content (AvgIpc) is 2.58. The molecule has 0 amide bonds. The molecule has 2 aliphatic heterocycles. The molecule has 2 rings (SSSR count). The van der Waals surface area contributed by atoms with E-state index in [-0.39, 0.29) is 0 Å². The zero-order valence-electron chi connectivity index (χ0n) is 7.83. The van der Waals surface area contributed by atoms with Crippen LogP contribution in [0.2, 0.25) is 0 Å². The van der Waals surface area contributed by atoms with Crippen molar-refractivity contribution in [3.05, 3.63) is 0 Å². The van der Waals surface area contributed by atoms with Gasteiger partial charge in [0.25, 0.3) is 0 Å². The summed E-state index contributed by atoms with van der Waals surface area (Å²) in [6.07, 6.45) is 2.93. The minimum atomic E-state index is 0.443. The standard InChI is InChI=1S/C9H18N2O/c1-10-4-6-11(7-5-10)9-3-2-8-12-9/h9H,2-8H2,1H3/t9-/m1/s1. The van der Waals surface area contributed by atoms with E-state index in [0.29, 0.717) is 6.23 Å². The summed E-state index contributed by atoms with van der Waals surface area (Å²) in [5, 5.41) is 0. The Morgan fingerprint density at radius 2 is 1.92 bits per heavy atom. The van der Waals surface area contributed by atoms with Gasteiger partial charge in [0.15, 0.2) is 0 Å². The van der Waals surface area contributed by atoms with Gasteiger partial charge in [0.2, 0.25) is 0 Å². The predicted molar refractivity (Wildman–Crippen MR) is 48.0 cm³/mol. The molecule has 70 valence electrons. The lowest BCUT2D eigenvalue weighted by Crippen LogP contribution is -2.48. The van der Waals surface area contributed by atoms with E-state index in [4.69, 9.17) is 4.74 Å². The third kappa shape index (κ3) is 1.79. The van der Waals surface area contributed by atoms with E-state index < -0.39 is 0 Å². The maximum Gasteiger partial charge on any atom is 0.110 e. The summed E-state index contributed by atoms with van der Waals surface area (Å²) in [4.78, 5) is 4.86. The Bertz CT molecular complexity index is 137. The lowest BCUT2D eigenvalue weighted by Gasteiger charge is -2.35. The van der Waals surface area contributed by atoms with Crippen molar-refractivity contribution in [3.8, 4) is 0 Å². The molecule has 0 aromatic rings. The molecule has 0 saturated carbocycles. The molecule has 2 heterocycles. The summed E-state index contributed by atoms with van der Waals surface area (Å²) >= 11 is 0. The smallest absolute Gasteiger partial charge is 0.110 e. The van der Waals surface area contributed by atoms with Gasteiger partial charge < -0.3 is 9.64 Å². The van der Waals surface area contributed by atoms with Crippen LogP contribution in [0.25, 0.3) is 0 Å². The molecule has 0 bridgehead atoms. The molecule has 12 heavy (non-hydrogen) atoms. The lowest BCUT2D eigenvalue weighted by atomic mass is 10.2. The van der Waals surface area contributed by atoms with Crippen molar-refractivity contribution in [1.29, 1.82) is 0 Å². The first kappa shape index (κ1) is 8.48. The molecule has 0 aliphatic carbocycles. The van der Waals surface area contributed by atoms with Gasteiger partial charge in [0, 0.05) is 32.8 Å². The second-order valence-corrected chi connectivity index (χ2v) is 3.81. The number of piperazine rings is 1. The fraction of sp³-hybridized carbons (Fsp3) is 1.00. The quantitative estimate of drug-likeness (QED) is 0.565. The minimum Gasteiger partial charge on any atom is -0.363 e. The van der Waals surface area contributed by atoms with E-state index >= 15 is 0 Å². The van der Waals surface area contributed by atoms with Gasteiger partial charge in [-0.1, -0.05) is 0 Å². The first-order chi connectivity index (χ1) is 5.86. The Morgan fingerprint density at radius 1 is 1.17 bits per heavy atom. The fourth-order valence-electron chi connectivity index (χ4n) is 1.96. The van der Waals surface area contributed by atoms with Crippen LogP contribution in [0.4, 0.5) is 0 Å². The maximum absolute atomic E-state index is 5.64. The molecule has 2 fully saturated rings. The second-order valence-electron chi connectivity index (χ2n) is 3.81. The van der Waals surface area contributed by atoms with Gasteiger partial charge in [-0.25, -0.2) is 0 Å². The highest BCUT2D eigenvalue weighted by Gasteiger charge is 2.25. The van der Waals surface area contributed by atoms with Crippen molar-refractivity contribution in [2.45, 2.75) is 19.1 Å². The van der Waals surface area contributed by atoms with Crippen LogP contribution in [-0.4, -0.2) is 55.9 Å². The summed E-state index contributed by atoms with van der Waals surface area (Å²) in [5.74, 6) is 0. The highest BCUT2D eigenvalue weighted by atomic mass is 16.5. The van der Waals surface area contributed by atoms with Crippen LogP contribution in [0.3, 0.4) is 0 Å². The summed E-state index contributed by atoms with van der Waals surface area (Å²) in [6, 6.07) is 0. The number of likely N-dealkylation sites (N-methyl/N-ethyl adjacent to an activating group) is 1. The van der Waals surface area contributed by atoms with Crippen LogP contribution in [0.1, 0.15) is 12.8 Å². The van der Waals surface area contributed by atoms with Crippen LogP contribution in [0.15, 0.2) is 0 Å². The maximum atomic E-state index is 5.64. The van der Waals surface area contributed by atoms with Crippen LogP contribution in [-0.2, 0) is 4.74 Å². The zero-order valence-corrected chi connectivity index (χ0v) is 7.83. The van der Waals surface area contributed by atoms with E-state index in [9.17, 15) is 0 Å². The van der Waals surface area contributed by atoms with Crippen LogP contribution in [0, 0.1) is 0 Å². The van der Waals surface area contributed by atoms with Gasteiger partial charge in [0.1, 0.15) is 6.23 Å². The van der Waals surface area contributed by atoms with E-state index in [1.807, 2.05) is 0 Å². The monoisotopic (exact) mass is 170 g/mol. The van der Waals surface area contributed by atoms with Gasteiger partial charge in [-0.05, 0) is 19.9 Å². The molecule has 1 atom stereocenters. The number of ether oxygens (including phenoxy) is 1. The largest absolute Gasteiger partial charge is 0.363 e. The molecule has 0 aromatic heterocycles. The van der Waals surface area contributed by atoms with Crippen molar-refractivity contribution < 1.29 is 4.74 Å². The molecule has 3 nitrogen and oxygen atoms in total. The average molecular weight is 170 g/mol. The minimum absolute atomic E-state index is 0.443. The van der Waals surface area contributed by atoms with E-state index in [0.717, 1.165) is 6.61 Å². The summed E-state index contributed by atoms with van der Waals surface area (Å²) in [5.41, 5.74) is 0. The molecular formula is C9H18N2O. The highest BCUT2D eigenvalue weighted by Crippen LogP contribution is 2.17. The summed E-state index contributed by atoms with van der Waals surface area (Å²) in [7, 11) is 2.19. The zero-order chi connectivity index (χ0) is 8.39. The molecule has 0 radical (unpaired) electrons. The Morgan fingerprint density at radius 3 is 2.50 bits per heavy atom. The topological polar surface area (TPSA) is 15.7 Å². The predicted octanol–water partition coefficient (Wildman–Crippen LogP) is 0.370. The Kier molecular flexibility index (Phi) is 2.63. The number of rotatable bonds is 1. The number of hydrogen-bond donors (Lipinski definition) is 0. The molecule has 0 spiro atoms. The molecule has 0 N–H and O–H groups in total. The van der Waals surface area contributed by atoms with Crippen LogP contribution >= 0.6 is 0 Å². The molecule has 2 saturated heterocycles. The van der Waals surface area contributed by atoms with Crippen molar-refractivity contribution >= 4 is 0 Å². The highest BCUT2D eigenvalue weighted by molar-refractivity contribution is 4.74. The van der Waals surface area contributed by atoms with E-state index in [1.165, 1.54) is 39.0 Å². The van der Waals surface area contributed by atoms with Crippen LogP contribution in [0.5, 0.6) is 0 Å². The van der Waals surface area contributed by atoms with Gasteiger partial charge in [0.05, 0.1) is 0 Å². The van der Waals surface area contributed by atoms with Crippen molar-refractivity contribution in [2.24, 2.45) is 0 Å². The van der Waals surface area contributed by atoms with Crippen LogP contribution < -0.4 is 0 Å². The lowest BCUT2D eigenvalue weighted by molar-refractivity contribution is -0.0389. The molecule has 3 heteroatoms. The van der Waals surface area contributed by atoms with Crippen molar-refractivity contribution in [2.75, 3.05) is 39.8 Å². The second kappa shape index (κ2) is 3.73. The van der Waals surface area contributed by atoms with Crippen molar-refractivity contribution in [1.82, 2.24) is 9.80 Å². The Hall–Kier alpha value is -0.120. The molecule has 0 aromatic carbocycles. The van der Waals surface area contributed by atoms with Gasteiger partial charge in [-0.15, -0.1) is 0 Å². The third-order valence-corrected chi connectivity index (χ3v) is 2.85. The Labute approximate surface area is 74.3 Å². The number of hydrogen-bond acceptors (Lipinski definition) is 3. The Balaban J connectivity index is 1.80. The van der Waals surface area contributed by atoms with E-state index in [2.05, 4.69) is 16.8 Å². The van der Waals surface area contributed by atoms with E-state index in [1.54, 1.807) is 0 Å².